The summed E-state index contributed by atoms with van der Waals surface area (Å²) < 4.78 is 54.6. The van der Waals surface area contributed by atoms with Crippen LogP contribution in [0.5, 0.6) is 5.75 Å². The summed E-state index contributed by atoms with van der Waals surface area (Å²) in [7, 11) is -2.42. The number of nitrogens with zero attached hydrogens (tertiary/aromatic N) is 2. The van der Waals surface area contributed by atoms with Crippen LogP contribution in [0.1, 0.15) is 43.9 Å². The molecule has 1 saturated heterocycles. The zero-order chi connectivity index (χ0) is 28.9. The van der Waals surface area contributed by atoms with Gasteiger partial charge in [-0.15, -0.1) is 0 Å². The number of aryl methyl sites for hydroxylation is 1. The van der Waals surface area contributed by atoms with Gasteiger partial charge >= 0.3 is 6.09 Å². The summed E-state index contributed by atoms with van der Waals surface area (Å²) in [6, 6.07) is 17.8. The van der Waals surface area contributed by atoms with Crippen LogP contribution in [0.4, 0.5) is 9.18 Å². The predicted molar refractivity (Wildman–Crippen MR) is 158 cm³/mol. The summed E-state index contributed by atoms with van der Waals surface area (Å²) in [6.45, 7) is 5.65. The second-order valence-electron chi connectivity index (χ2n) is 11.1. The van der Waals surface area contributed by atoms with Crippen LogP contribution in [0.2, 0.25) is 0 Å². The van der Waals surface area contributed by atoms with Gasteiger partial charge in [-0.2, -0.15) is 0 Å². The van der Waals surface area contributed by atoms with Crippen molar-refractivity contribution in [2.75, 3.05) is 13.8 Å². The van der Waals surface area contributed by atoms with E-state index in [2.05, 4.69) is 22.6 Å². The Bertz CT molecular complexity index is 1520. The van der Waals surface area contributed by atoms with E-state index in [0.717, 1.165) is 21.1 Å². The smallest absolute Gasteiger partial charge is 0.411 e. The Morgan fingerprint density at radius 1 is 1.10 bits per heavy atom. The zero-order valence-corrected chi connectivity index (χ0v) is 25.8. The highest BCUT2D eigenvalue weighted by molar-refractivity contribution is 14.1. The third-order valence-electron chi connectivity index (χ3n) is 7.37. The molecule has 1 amide bonds. The van der Waals surface area contributed by atoms with E-state index in [1.54, 1.807) is 32.8 Å². The number of carbonyl (C=O) groups excluding carboxylic acids is 1. The number of ether oxygens (including phenoxy) is 2. The molecule has 10 heteroatoms. The fourth-order valence-electron chi connectivity index (χ4n) is 5.59. The third-order valence-corrected chi connectivity index (χ3v) is 10.5. The summed E-state index contributed by atoms with van der Waals surface area (Å²) in [5.74, 6) is 0.190. The van der Waals surface area contributed by atoms with Gasteiger partial charge in [0.25, 0.3) is 0 Å². The van der Waals surface area contributed by atoms with E-state index in [9.17, 15) is 17.6 Å². The van der Waals surface area contributed by atoms with E-state index in [4.69, 9.17) is 9.47 Å². The van der Waals surface area contributed by atoms with E-state index in [0.29, 0.717) is 17.7 Å². The van der Waals surface area contributed by atoms with Gasteiger partial charge in [0, 0.05) is 3.57 Å². The average molecular weight is 679 g/mol. The van der Waals surface area contributed by atoms with Gasteiger partial charge in [0.05, 0.1) is 31.3 Å². The topological polar surface area (TPSA) is 75.9 Å². The van der Waals surface area contributed by atoms with E-state index < -0.39 is 32.2 Å². The van der Waals surface area contributed by atoms with Gasteiger partial charge in [-0.1, -0.05) is 18.2 Å². The number of fused-ring (bicyclic) bond motifs is 3. The molecule has 1 aliphatic heterocycles. The van der Waals surface area contributed by atoms with Crippen LogP contribution in [0.15, 0.2) is 71.6 Å². The molecule has 5 rings (SSSR count). The molecule has 40 heavy (non-hydrogen) atoms. The summed E-state index contributed by atoms with van der Waals surface area (Å²) >= 11 is 2.23. The number of benzene rings is 3. The van der Waals surface area contributed by atoms with E-state index in [-0.39, 0.29) is 24.2 Å². The van der Waals surface area contributed by atoms with E-state index in [1.807, 2.05) is 47.4 Å². The molecule has 0 radical (unpaired) electrons. The number of hydrogen-bond donors (Lipinski definition) is 0. The van der Waals surface area contributed by atoms with Gasteiger partial charge < -0.3 is 9.47 Å². The van der Waals surface area contributed by atoms with Crippen molar-refractivity contribution in [1.29, 1.82) is 0 Å². The van der Waals surface area contributed by atoms with Crippen LogP contribution in [-0.2, 0) is 32.4 Å². The summed E-state index contributed by atoms with van der Waals surface area (Å²) in [4.78, 5) is 15.6. The van der Waals surface area contributed by atoms with Crippen LogP contribution in [0.3, 0.4) is 0 Å². The lowest BCUT2D eigenvalue weighted by molar-refractivity contribution is 0.0167. The minimum absolute atomic E-state index is 0.0391. The van der Waals surface area contributed by atoms with Crippen LogP contribution in [-0.4, -0.2) is 49.7 Å². The minimum Gasteiger partial charge on any atom is -0.497 e. The first-order chi connectivity index (χ1) is 18.9. The van der Waals surface area contributed by atoms with Gasteiger partial charge in [0.2, 0.25) is 9.84 Å². The molecule has 3 aromatic carbocycles. The summed E-state index contributed by atoms with van der Waals surface area (Å²) in [6.07, 6.45) is 0.793. The second-order valence-corrected chi connectivity index (χ2v) is 14.5. The van der Waals surface area contributed by atoms with Crippen molar-refractivity contribution < 1.29 is 27.1 Å². The Balaban J connectivity index is 1.56. The molecule has 3 unspecified atom stereocenters. The Morgan fingerprint density at radius 3 is 2.40 bits per heavy atom. The molecule has 0 spiro atoms. The maximum Gasteiger partial charge on any atom is 0.411 e. The zero-order valence-electron chi connectivity index (χ0n) is 22.9. The van der Waals surface area contributed by atoms with Crippen molar-refractivity contribution >= 4 is 38.5 Å². The van der Waals surface area contributed by atoms with Crippen LogP contribution < -0.4 is 4.74 Å². The normalized spacial score (nSPS) is 21.6. The first-order valence-corrected chi connectivity index (χ1v) is 15.6. The van der Waals surface area contributed by atoms with Crippen LogP contribution >= 0.6 is 22.6 Å². The van der Waals surface area contributed by atoms with Gasteiger partial charge in [-0.05, 0) is 121 Å². The molecule has 2 aliphatic rings. The Morgan fingerprint density at radius 2 is 1.77 bits per heavy atom. The largest absolute Gasteiger partial charge is 0.497 e. The Labute approximate surface area is 248 Å². The Kier molecular flexibility index (Phi) is 7.64. The number of halogens is 2. The molecule has 0 N–H and O–H groups in total. The minimum atomic E-state index is -4.01. The first-order valence-electron chi connectivity index (χ1n) is 13.0. The molecule has 0 aromatic heterocycles. The molecule has 212 valence electrons. The summed E-state index contributed by atoms with van der Waals surface area (Å²) in [5, 5.41) is 0. The van der Waals surface area contributed by atoms with Gasteiger partial charge in [0.15, 0.2) is 4.87 Å². The molecular formula is C30H32FIN2O5S. The number of sulfone groups is 1. The number of amides is 1. The molecule has 0 bridgehead atoms. The third kappa shape index (κ3) is 5.21. The van der Waals surface area contributed by atoms with Crippen molar-refractivity contribution in [2.45, 2.75) is 61.6 Å². The SMILES string of the molecule is COc1ccc(CN(CN2C3CCc4cc(I)ccc4C32S(=O)(=O)c2ccc(F)cc2)C(=O)OC(C)(C)C)cc1. The van der Waals surface area contributed by atoms with Crippen molar-refractivity contribution in [2.24, 2.45) is 0 Å². The van der Waals surface area contributed by atoms with E-state index in [1.165, 1.54) is 24.3 Å². The maximum atomic E-state index is 14.4. The maximum absolute atomic E-state index is 14.4. The fraction of sp³-hybridized carbons (Fsp3) is 0.367. The van der Waals surface area contributed by atoms with Crippen molar-refractivity contribution in [3.05, 3.63) is 92.8 Å². The predicted octanol–water partition coefficient (Wildman–Crippen LogP) is 6.09. The average Bonchev–Trinajstić information content (AvgIpc) is 3.57. The van der Waals surface area contributed by atoms with Crippen molar-refractivity contribution in [3.8, 4) is 5.75 Å². The quantitative estimate of drug-likeness (QED) is 0.171. The highest BCUT2D eigenvalue weighted by atomic mass is 127. The molecular weight excluding hydrogens is 646 g/mol. The number of methoxy groups -OCH3 is 1. The number of carbonyl (C=O) groups is 1. The van der Waals surface area contributed by atoms with Crippen molar-refractivity contribution in [3.63, 3.8) is 0 Å². The molecule has 3 atom stereocenters. The van der Waals surface area contributed by atoms with Crippen LogP contribution in [0.25, 0.3) is 0 Å². The lowest BCUT2D eigenvalue weighted by Gasteiger charge is -2.29. The van der Waals surface area contributed by atoms with Gasteiger partial charge in [-0.25, -0.2) is 17.6 Å². The fourth-order valence-corrected chi connectivity index (χ4v) is 8.53. The first kappa shape index (κ1) is 28.8. The molecule has 1 fully saturated rings. The highest BCUT2D eigenvalue weighted by Gasteiger charge is 2.73. The van der Waals surface area contributed by atoms with Crippen LogP contribution in [0, 0.1) is 9.39 Å². The number of hydrogen-bond acceptors (Lipinski definition) is 6. The standard InChI is InChI=1S/C30H32FIN2O5S/c1-29(2,3)39-28(35)33(18-20-5-11-24(38-4)12-6-20)19-34-27-16-7-21-17-23(32)10-15-26(21)30(27,34)40(36,37)25-13-8-22(31)9-14-25/h5-6,8-15,17,27H,7,16,18-19H2,1-4H3. The van der Waals surface area contributed by atoms with Gasteiger partial charge in [0.1, 0.15) is 17.2 Å². The monoisotopic (exact) mass is 678 g/mol. The summed E-state index contributed by atoms with van der Waals surface area (Å²) in [5.41, 5.74) is 1.79. The highest BCUT2D eigenvalue weighted by Crippen LogP contribution is 2.61. The molecule has 7 nitrogen and oxygen atoms in total. The van der Waals surface area contributed by atoms with Gasteiger partial charge in [-0.3, -0.25) is 9.80 Å². The Hall–Kier alpha value is -2.70. The second kappa shape index (κ2) is 10.6. The van der Waals surface area contributed by atoms with E-state index >= 15 is 0 Å². The molecule has 0 saturated carbocycles. The lowest BCUT2D eigenvalue weighted by atomic mass is 9.91. The number of rotatable bonds is 7. The molecule has 1 heterocycles. The molecule has 3 aromatic rings. The lowest BCUT2D eigenvalue weighted by Crippen LogP contribution is -2.41. The molecule has 1 aliphatic carbocycles. The van der Waals surface area contributed by atoms with Crippen molar-refractivity contribution in [1.82, 2.24) is 9.80 Å².